The fourth-order valence-corrected chi connectivity index (χ4v) is 2.70. The summed E-state index contributed by atoms with van der Waals surface area (Å²) in [4.78, 5) is 8.63. The highest BCUT2D eigenvalue weighted by molar-refractivity contribution is 7.14. The first-order valence-electron chi connectivity index (χ1n) is 6.51. The van der Waals surface area contributed by atoms with Crippen LogP contribution in [0.3, 0.4) is 0 Å². The summed E-state index contributed by atoms with van der Waals surface area (Å²) in [5, 5.41) is 14.9. The van der Waals surface area contributed by atoms with Gasteiger partial charge in [-0.05, 0) is 30.3 Å². The molecule has 6 heteroatoms. The fourth-order valence-electron chi connectivity index (χ4n) is 1.97. The molecule has 3 aromatic rings. The topological polar surface area (TPSA) is 70.8 Å². The van der Waals surface area contributed by atoms with E-state index in [1.807, 2.05) is 17.5 Å². The lowest BCUT2D eigenvalue weighted by Gasteiger charge is -2.09. The molecule has 5 nitrogen and oxygen atoms in total. The van der Waals surface area contributed by atoms with Gasteiger partial charge in [-0.1, -0.05) is 0 Å². The lowest BCUT2D eigenvalue weighted by Crippen LogP contribution is -1.95. The average molecular weight is 308 g/mol. The van der Waals surface area contributed by atoms with Crippen LogP contribution in [0.1, 0.15) is 5.56 Å². The molecule has 108 valence electrons. The van der Waals surface area contributed by atoms with Crippen LogP contribution in [-0.4, -0.2) is 17.1 Å². The summed E-state index contributed by atoms with van der Waals surface area (Å²) in [5.41, 5.74) is 3.10. The van der Waals surface area contributed by atoms with Crippen LogP contribution in [-0.2, 0) is 0 Å². The highest BCUT2D eigenvalue weighted by Gasteiger charge is 2.09. The molecule has 0 unspecified atom stereocenters. The Kier molecular flexibility index (Phi) is 3.99. The van der Waals surface area contributed by atoms with Gasteiger partial charge in [-0.3, -0.25) is 4.98 Å². The number of methoxy groups -OCH3 is 1. The van der Waals surface area contributed by atoms with E-state index in [-0.39, 0.29) is 0 Å². The maximum atomic E-state index is 9.01. The SMILES string of the molecule is COc1ccc(C#N)cc1Nc1nc(-c2cccnc2)cs1. The van der Waals surface area contributed by atoms with Gasteiger partial charge >= 0.3 is 0 Å². The number of anilines is 2. The van der Waals surface area contributed by atoms with Crippen molar-refractivity contribution in [2.24, 2.45) is 0 Å². The van der Waals surface area contributed by atoms with Gasteiger partial charge in [0.25, 0.3) is 0 Å². The van der Waals surface area contributed by atoms with Gasteiger partial charge in [0, 0.05) is 23.3 Å². The van der Waals surface area contributed by atoms with Crippen molar-refractivity contribution in [1.82, 2.24) is 9.97 Å². The number of hydrogen-bond acceptors (Lipinski definition) is 6. The molecule has 1 aromatic carbocycles. The zero-order chi connectivity index (χ0) is 15.4. The number of nitrogens with zero attached hydrogens (tertiary/aromatic N) is 3. The van der Waals surface area contributed by atoms with E-state index in [1.54, 1.807) is 37.7 Å². The van der Waals surface area contributed by atoms with Crippen LogP contribution in [0.25, 0.3) is 11.3 Å². The molecule has 0 aliphatic carbocycles. The monoisotopic (exact) mass is 308 g/mol. The molecule has 2 heterocycles. The molecule has 0 bridgehead atoms. The summed E-state index contributed by atoms with van der Waals surface area (Å²) in [6.07, 6.45) is 3.50. The maximum Gasteiger partial charge on any atom is 0.187 e. The van der Waals surface area contributed by atoms with E-state index in [0.29, 0.717) is 17.0 Å². The number of nitriles is 1. The molecular weight excluding hydrogens is 296 g/mol. The fraction of sp³-hybridized carbons (Fsp3) is 0.0625. The molecule has 1 N–H and O–H groups in total. The predicted molar refractivity (Wildman–Crippen MR) is 86.3 cm³/mol. The van der Waals surface area contributed by atoms with Gasteiger partial charge in [0.05, 0.1) is 30.1 Å². The number of pyridine rings is 1. The van der Waals surface area contributed by atoms with Crippen LogP contribution in [0.2, 0.25) is 0 Å². The molecular formula is C16H12N4OS. The van der Waals surface area contributed by atoms with E-state index in [4.69, 9.17) is 10.00 Å². The van der Waals surface area contributed by atoms with Crippen molar-refractivity contribution in [3.8, 4) is 23.1 Å². The Morgan fingerprint density at radius 3 is 2.95 bits per heavy atom. The maximum absolute atomic E-state index is 9.01. The molecule has 0 aliphatic rings. The summed E-state index contributed by atoms with van der Waals surface area (Å²) in [6, 6.07) is 11.2. The molecule has 0 aliphatic heterocycles. The summed E-state index contributed by atoms with van der Waals surface area (Å²) in [6.45, 7) is 0. The molecule has 0 saturated heterocycles. The number of thiazole rings is 1. The van der Waals surface area contributed by atoms with E-state index in [9.17, 15) is 0 Å². The van der Waals surface area contributed by atoms with Gasteiger partial charge in [-0.25, -0.2) is 4.98 Å². The minimum atomic E-state index is 0.562. The predicted octanol–water partition coefficient (Wildman–Crippen LogP) is 3.83. The van der Waals surface area contributed by atoms with E-state index < -0.39 is 0 Å². The van der Waals surface area contributed by atoms with E-state index in [2.05, 4.69) is 21.4 Å². The Balaban J connectivity index is 1.88. The lowest BCUT2D eigenvalue weighted by atomic mass is 10.2. The average Bonchev–Trinajstić information content (AvgIpc) is 3.04. The number of aromatic nitrogens is 2. The Labute approximate surface area is 131 Å². The molecule has 3 rings (SSSR count). The van der Waals surface area contributed by atoms with Crippen molar-refractivity contribution < 1.29 is 4.74 Å². The van der Waals surface area contributed by atoms with Crippen molar-refractivity contribution in [2.75, 3.05) is 12.4 Å². The second-order valence-electron chi connectivity index (χ2n) is 4.43. The molecule has 0 fully saturated rings. The van der Waals surface area contributed by atoms with Gasteiger partial charge in [0.1, 0.15) is 5.75 Å². The number of nitrogens with one attached hydrogen (secondary N) is 1. The van der Waals surface area contributed by atoms with Crippen LogP contribution >= 0.6 is 11.3 Å². The Morgan fingerprint density at radius 2 is 2.23 bits per heavy atom. The second kappa shape index (κ2) is 6.24. The van der Waals surface area contributed by atoms with Gasteiger partial charge in [-0.2, -0.15) is 5.26 Å². The quantitative estimate of drug-likeness (QED) is 0.793. The first-order valence-corrected chi connectivity index (χ1v) is 7.39. The molecule has 0 radical (unpaired) electrons. The van der Waals surface area contributed by atoms with Crippen molar-refractivity contribution in [1.29, 1.82) is 5.26 Å². The second-order valence-corrected chi connectivity index (χ2v) is 5.29. The van der Waals surface area contributed by atoms with Crippen LogP contribution in [0.4, 0.5) is 10.8 Å². The largest absolute Gasteiger partial charge is 0.495 e. The number of ether oxygens (including phenoxy) is 1. The van der Waals surface area contributed by atoms with Crippen LogP contribution in [0.5, 0.6) is 5.75 Å². The summed E-state index contributed by atoms with van der Waals surface area (Å²) in [5.74, 6) is 0.664. The third-order valence-corrected chi connectivity index (χ3v) is 3.79. The standard InChI is InChI=1S/C16H12N4OS/c1-21-15-5-4-11(8-17)7-13(15)19-16-20-14(10-22-16)12-3-2-6-18-9-12/h2-7,9-10H,1H3,(H,19,20). The normalized spacial score (nSPS) is 10.0. The van der Waals surface area contributed by atoms with Gasteiger partial charge in [0.2, 0.25) is 0 Å². The third kappa shape index (κ3) is 2.90. The molecule has 0 amide bonds. The minimum Gasteiger partial charge on any atom is -0.495 e. The molecule has 0 spiro atoms. The van der Waals surface area contributed by atoms with Crippen molar-refractivity contribution in [2.45, 2.75) is 0 Å². The van der Waals surface area contributed by atoms with Crippen LogP contribution in [0.15, 0.2) is 48.1 Å². The molecule has 0 saturated carbocycles. The Bertz CT molecular complexity index is 824. The molecule has 0 atom stereocenters. The number of rotatable bonds is 4. The smallest absolute Gasteiger partial charge is 0.187 e. The summed E-state index contributed by atoms with van der Waals surface area (Å²) in [7, 11) is 1.59. The van der Waals surface area contributed by atoms with Crippen molar-refractivity contribution in [3.63, 3.8) is 0 Å². The Hall–Kier alpha value is -2.91. The third-order valence-electron chi connectivity index (χ3n) is 3.03. The van der Waals surface area contributed by atoms with Crippen LogP contribution in [0, 0.1) is 11.3 Å². The summed E-state index contributed by atoms with van der Waals surface area (Å²) < 4.78 is 5.30. The van der Waals surface area contributed by atoms with Crippen LogP contribution < -0.4 is 10.1 Å². The number of benzene rings is 1. The zero-order valence-corrected chi connectivity index (χ0v) is 12.6. The highest BCUT2D eigenvalue weighted by atomic mass is 32.1. The lowest BCUT2D eigenvalue weighted by molar-refractivity contribution is 0.417. The zero-order valence-electron chi connectivity index (χ0n) is 11.8. The first kappa shape index (κ1) is 14.0. The summed E-state index contributed by atoms with van der Waals surface area (Å²) >= 11 is 1.48. The Morgan fingerprint density at radius 1 is 1.32 bits per heavy atom. The number of hydrogen-bond donors (Lipinski definition) is 1. The van der Waals surface area contributed by atoms with Crippen molar-refractivity contribution >= 4 is 22.2 Å². The minimum absolute atomic E-state index is 0.562. The van der Waals surface area contributed by atoms with Gasteiger partial charge in [0.15, 0.2) is 5.13 Å². The highest BCUT2D eigenvalue weighted by Crippen LogP contribution is 2.31. The van der Waals surface area contributed by atoms with E-state index >= 15 is 0 Å². The van der Waals surface area contributed by atoms with E-state index in [0.717, 1.165) is 16.4 Å². The van der Waals surface area contributed by atoms with Crippen molar-refractivity contribution in [3.05, 3.63) is 53.7 Å². The first-order chi connectivity index (χ1) is 10.8. The molecule has 2 aromatic heterocycles. The van der Waals surface area contributed by atoms with Gasteiger partial charge < -0.3 is 10.1 Å². The van der Waals surface area contributed by atoms with Gasteiger partial charge in [-0.15, -0.1) is 11.3 Å². The van der Waals surface area contributed by atoms with E-state index in [1.165, 1.54) is 11.3 Å². The molecule has 22 heavy (non-hydrogen) atoms.